The first-order valence-electron chi connectivity index (χ1n) is 5.37. The molecular weight excluding hydrogens is 190 g/mol. The zero-order valence-corrected chi connectivity index (χ0v) is 9.72. The summed E-state index contributed by atoms with van der Waals surface area (Å²) in [6, 6.07) is 0. The van der Waals surface area contributed by atoms with Gasteiger partial charge in [-0.05, 0) is 46.5 Å². The summed E-state index contributed by atoms with van der Waals surface area (Å²) in [7, 11) is 0. The lowest BCUT2D eigenvalue weighted by molar-refractivity contribution is -0.150. The molecular formula is C12H19NO2. The molecule has 84 valence electrons. The number of carbonyl (C=O) groups is 1. The molecule has 0 aromatic heterocycles. The largest absolute Gasteiger partial charge is 0.457 e. The van der Waals surface area contributed by atoms with E-state index in [4.69, 9.17) is 10.1 Å². The molecule has 0 saturated heterocycles. The lowest BCUT2D eigenvalue weighted by Gasteiger charge is -2.20. The van der Waals surface area contributed by atoms with Crippen molar-refractivity contribution in [2.75, 3.05) is 0 Å². The van der Waals surface area contributed by atoms with E-state index < -0.39 is 5.60 Å². The van der Waals surface area contributed by atoms with Gasteiger partial charge in [0, 0.05) is 11.3 Å². The van der Waals surface area contributed by atoms with Crippen LogP contribution in [0.4, 0.5) is 0 Å². The molecule has 1 aliphatic carbocycles. The maximum atomic E-state index is 11.7. The van der Waals surface area contributed by atoms with Crippen LogP contribution < -0.4 is 0 Å². The topological polar surface area (TPSA) is 50.2 Å². The molecule has 0 unspecified atom stereocenters. The third-order valence-electron chi connectivity index (χ3n) is 2.19. The molecule has 0 bridgehead atoms. The molecule has 3 heteroatoms. The van der Waals surface area contributed by atoms with Crippen LogP contribution in [-0.4, -0.2) is 17.3 Å². The molecule has 0 radical (unpaired) electrons. The molecule has 0 fully saturated rings. The van der Waals surface area contributed by atoms with Crippen LogP contribution in [-0.2, 0) is 9.53 Å². The standard InChI is InChI=1S/C12H19NO2/c1-12(2,3)15-11(14)9-5-4-6-10(13)8-7-9/h5,13H,4,6-8H2,1-3H3. The van der Waals surface area contributed by atoms with E-state index in [1.54, 1.807) is 0 Å². The van der Waals surface area contributed by atoms with Gasteiger partial charge in [0.1, 0.15) is 5.60 Å². The number of nitrogens with one attached hydrogen (secondary N) is 1. The number of hydrogen-bond donors (Lipinski definition) is 1. The van der Waals surface area contributed by atoms with Gasteiger partial charge in [-0.3, -0.25) is 0 Å². The first-order valence-corrected chi connectivity index (χ1v) is 5.37. The van der Waals surface area contributed by atoms with Gasteiger partial charge in [0.2, 0.25) is 0 Å². The zero-order chi connectivity index (χ0) is 11.5. The molecule has 0 aliphatic heterocycles. The van der Waals surface area contributed by atoms with Crippen LogP contribution in [0.1, 0.15) is 46.5 Å². The Hall–Kier alpha value is -1.12. The van der Waals surface area contributed by atoms with E-state index in [1.807, 2.05) is 26.8 Å². The predicted octanol–water partition coefficient (Wildman–Crippen LogP) is 2.85. The summed E-state index contributed by atoms with van der Waals surface area (Å²) in [6.07, 6.45) is 4.80. The lowest BCUT2D eigenvalue weighted by Crippen LogP contribution is -2.24. The number of ether oxygens (including phenoxy) is 1. The minimum Gasteiger partial charge on any atom is -0.457 e. The molecule has 0 atom stereocenters. The van der Waals surface area contributed by atoms with Crippen LogP contribution >= 0.6 is 0 Å². The molecule has 15 heavy (non-hydrogen) atoms. The highest BCUT2D eigenvalue weighted by Crippen LogP contribution is 2.19. The molecule has 1 rings (SSSR count). The maximum absolute atomic E-state index is 11.7. The fraction of sp³-hybridized carbons (Fsp3) is 0.667. The zero-order valence-electron chi connectivity index (χ0n) is 9.72. The highest BCUT2D eigenvalue weighted by molar-refractivity contribution is 5.91. The van der Waals surface area contributed by atoms with E-state index in [9.17, 15) is 4.79 Å². The van der Waals surface area contributed by atoms with Gasteiger partial charge in [0.15, 0.2) is 0 Å². The molecule has 0 heterocycles. The second-order valence-corrected chi connectivity index (χ2v) is 4.87. The molecule has 0 saturated carbocycles. The van der Waals surface area contributed by atoms with Crippen molar-refractivity contribution in [3.8, 4) is 0 Å². The van der Waals surface area contributed by atoms with Gasteiger partial charge in [-0.15, -0.1) is 0 Å². The van der Waals surface area contributed by atoms with Gasteiger partial charge >= 0.3 is 5.97 Å². The lowest BCUT2D eigenvalue weighted by atomic mass is 10.1. The minimum atomic E-state index is -0.433. The molecule has 1 N–H and O–H groups in total. The van der Waals surface area contributed by atoms with Crippen LogP contribution in [0.5, 0.6) is 0 Å². The van der Waals surface area contributed by atoms with Gasteiger partial charge < -0.3 is 10.1 Å². The van der Waals surface area contributed by atoms with Gasteiger partial charge in [-0.25, -0.2) is 4.79 Å². The Morgan fingerprint density at radius 3 is 2.60 bits per heavy atom. The second kappa shape index (κ2) is 4.60. The molecule has 0 aromatic carbocycles. The molecule has 0 aromatic rings. The van der Waals surface area contributed by atoms with Gasteiger partial charge in [0.25, 0.3) is 0 Å². The van der Waals surface area contributed by atoms with Crippen molar-refractivity contribution in [3.63, 3.8) is 0 Å². The predicted molar refractivity (Wildman–Crippen MR) is 60.1 cm³/mol. The van der Waals surface area contributed by atoms with Crippen molar-refractivity contribution in [3.05, 3.63) is 11.6 Å². The second-order valence-electron chi connectivity index (χ2n) is 4.87. The summed E-state index contributed by atoms with van der Waals surface area (Å²) in [6.45, 7) is 5.60. The average molecular weight is 209 g/mol. The quantitative estimate of drug-likeness (QED) is 0.675. The summed E-state index contributed by atoms with van der Waals surface area (Å²) in [5, 5.41) is 7.55. The number of hydrogen-bond acceptors (Lipinski definition) is 3. The third-order valence-corrected chi connectivity index (χ3v) is 2.19. The van der Waals surface area contributed by atoms with Gasteiger partial charge in [0.05, 0.1) is 0 Å². The third kappa shape index (κ3) is 4.28. The Morgan fingerprint density at radius 1 is 1.33 bits per heavy atom. The number of carbonyl (C=O) groups excluding carboxylic acids is 1. The molecule has 0 spiro atoms. The fourth-order valence-electron chi connectivity index (χ4n) is 1.46. The Kier molecular flexibility index (Phi) is 3.66. The maximum Gasteiger partial charge on any atom is 0.334 e. The smallest absolute Gasteiger partial charge is 0.334 e. The Morgan fingerprint density at radius 2 is 2.00 bits per heavy atom. The summed E-state index contributed by atoms with van der Waals surface area (Å²) < 4.78 is 5.29. The van der Waals surface area contributed by atoms with Gasteiger partial charge in [-0.2, -0.15) is 0 Å². The average Bonchev–Trinajstić information content (AvgIpc) is 2.26. The van der Waals surface area contributed by atoms with Crippen molar-refractivity contribution < 1.29 is 9.53 Å². The van der Waals surface area contributed by atoms with Gasteiger partial charge in [-0.1, -0.05) is 6.08 Å². The van der Waals surface area contributed by atoms with Crippen molar-refractivity contribution in [1.29, 1.82) is 5.41 Å². The summed E-state index contributed by atoms with van der Waals surface area (Å²) in [5.74, 6) is -0.225. The summed E-state index contributed by atoms with van der Waals surface area (Å²) in [5.41, 5.74) is 1.02. The Balaban J connectivity index is 2.60. The van der Waals surface area contributed by atoms with E-state index in [0.717, 1.165) is 24.1 Å². The van der Waals surface area contributed by atoms with Crippen LogP contribution in [0.3, 0.4) is 0 Å². The number of rotatable bonds is 1. The Bertz CT molecular complexity index is 297. The van der Waals surface area contributed by atoms with Crippen molar-refractivity contribution in [2.45, 2.75) is 52.1 Å². The highest BCUT2D eigenvalue weighted by atomic mass is 16.6. The van der Waals surface area contributed by atoms with Crippen molar-refractivity contribution in [1.82, 2.24) is 0 Å². The van der Waals surface area contributed by atoms with Crippen LogP contribution in [0.15, 0.2) is 11.6 Å². The van der Waals surface area contributed by atoms with E-state index in [1.165, 1.54) is 0 Å². The van der Waals surface area contributed by atoms with Crippen LogP contribution in [0.2, 0.25) is 0 Å². The van der Waals surface area contributed by atoms with E-state index >= 15 is 0 Å². The SMILES string of the molecule is CC(C)(C)OC(=O)C1=CCCC(=N)CC1. The minimum absolute atomic E-state index is 0.225. The van der Waals surface area contributed by atoms with Crippen LogP contribution in [0, 0.1) is 5.41 Å². The number of allylic oxidation sites excluding steroid dienone is 1. The number of esters is 1. The van der Waals surface area contributed by atoms with E-state index in [-0.39, 0.29) is 5.97 Å². The normalized spacial score (nSPS) is 18.1. The first kappa shape index (κ1) is 12.0. The van der Waals surface area contributed by atoms with Crippen molar-refractivity contribution in [2.24, 2.45) is 0 Å². The van der Waals surface area contributed by atoms with E-state index in [2.05, 4.69) is 0 Å². The van der Waals surface area contributed by atoms with Crippen molar-refractivity contribution >= 4 is 11.7 Å². The molecule has 0 amide bonds. The first-order chi connectivity index (χ1) is 6.88. The Labute approximate surface area is 91.0 Å². The van der Waals surface area contributed by atoms with E-state index in [0.29, 0.717) is 12.8 Å². The highest BCUT2D eigenvalue weighted by Gasteiger charge is 2.20. The monoisotopic (exact) mass is 209 g/mol. The van der Waals surface area contributed by atoms with Crippen LogP contribution in [0.25, 0.3) is 0 Å². The fourth-order valence-corrected chi connectivity index (χ4v) is 1.46. The summed E-state index contributed by atoms with van der Waals surface area (Å²) >= 11 is 0. The molecule has 3 nitrogen and oxygen atoms in total. The molecule has 1 aliphatic rings. The summed E-state index contributed by atoms with van der Waals surface area (Å²) in [4.78, 5) is 11.7.